The van der Waals surface area contributed by atoms with Crippen molar-refractivity contribution in [3.8, 4) is 0 Å². The molecule has 1 aliphatic rings. The monoisotopic (exact) mass is 192 g/mol. The highest BCUT2D eigenvalue weighted by Gasteiger charge is 2.20. The van der Waals surface area contributed by atoms with Crippen molar-refractivity contribution in [1.29, 1.82) is 0 Å². The first-order valence-electron chi connectivity index (χ1n) is 5.50. The third-order valence-corrected chi connectivity index (χ3v) is 3.16. The van der Waals surface area contributed by atoms with Gasteiger partial charge in [0, 0.05) is 6.42 Å². The van der Waals surface area contributed by atoms with E-state index in [9.17, 15) is 4.79 Å². The minimum atomic E-state index is 0.323. The molecule has 1 heteroatoms. The number of hydrogen-bond acceptors (Lipinski definition) is 1. The summed E-state index contributed by atoms with van der Waals surface area (Å²) < 4.78 is 0. The Labute approximate surface area is 86.9 Å². The van der Waals surface area contributed by atoms with Crippen molar-refractivity contribution in [3.05, 3.63) is 24.3 Å². The molecular formula is C13H20O. The zero-order chi connectivity index (χ0) is 10.6. The van der Waals surface area contributed by atoms with E-state index in [-0.39, 0.29) is 0 Å². The molecular weight excluding hydrogens is 172 g/mol. The fraction of sp³-hybridized carbons (Fsp3) is 0.615. The molecule has 0 amide bonds. The molecule has 0 saturated heterocycles. The van der Waals surface area contributed by atoms with Crippen LogP contribution in [-0.2, 0) is 4.79 Å². The van der Waals surface area contributed by atoms with Crippen molar-refractivity contribution in [1.82, 2.24) is 0 Å². The molecule has 0 aromatic carbocycles. The summed E-state index contributed by atoms with van der Waals surface area (Å²) in [6.45, 7) is 8.09. The van der Waals surface area contributed by atoms with Crippen molar-refractivity contribution >= 4 is 5.78 Å². The number of carbonyl (C=O) groups is 1. The molecule has 1 aliphatic carbocycles. The number of carbonyl (C=O) groups excluding carboxylic acids is 1. The Hall–Kier alpha value is -0.850. The number of hydrogen-bond donors (Lipinski definition) is 0. The third kappa shape index (κ3) is 2.83. The standard InChI is InChI=1S/C13H20O/c1-4-5-6-13(14)12-8-7-10(2)11(3)9-12/h4,9-11H,1,5-8H2,2-3H3. The number of Topliss-reactive ketones (excluding diaryl/α,β-unsaturated/α-hetero) is 1. The summed E-state index contributed by atoms with van der Waals surface area (Å²) in [4.78, 5) is 11.7. The van der Waals surface area contributed by atoms with E-state index in [2.05, 4.69) is 26.5 Å². The Balaban J connectivity index is 2.56. The molecule has 2 unspecified atom stereocenters. The molecule has 2 atom stereocenters. The average molecular weight is 192 g/mol. The van der Waals surface area contributed by atoms with E-state index < -0.39 is 0 Å². The summed E-state index contributed by atoms with van der Waals surface area (Å²) in [5, 5.41) is 0. The lowest BCUT2D eigenvalue weighted by Gasteiger charge is -2.23. The quantitative estimate of drug-likeness (QED) is 0.623. The largest absolute Gasteiger partial charge is 0.295 e. The maximum Gasteiger partial charge on any atom is 0.158 e. The fourth-order valence-corrected chi connectivity index (χ4v) is 1.84. The van der Waals surface area contributed by atoms with Crippen LogP contribution in [0.15, 0.2) is 24.3 Å². The first-order chi connectivity index (χ1) is 6.65. The van der Waals surface area contributed by atoms with Gasteiger partial charge in [-0.25, -0.2) is 0 Å². The van der Waals surface area contributed by atoms with Gasteiger partial charge >= 0.3 is 0 Å². The predicted octanol–water partition coefficient (Wildman–Crippen LogP) is 3.51. The van der Waals surface area contributed by atoms with Gasteiger partial charge in [0.05, 0.1) is 0 Å². The zero-order valence-electron chi connectivity index (χ0n) is 9.25. The molecule has 0 aromatic heterocycles. The summed E-state index contributed by atoms with van der Waals surface area (Å²) in [6.07, 6.45) is 7.55. The van der Waals surface area contributed by atoms with Crippen LogP contribution in [0.25, 0.3) is 0 Å². The molecule has 0 aliphatic heterocycles. The summed E-state index contributed by atoms with van der Waals surface area (Å²) in [5.41, 5.74) is 1.05. The minimum Gasteiger partial charge on any atom is -0.295 e. The maximum absolute atomic E-state index is 11.7. The van der Waals surface area contributed by atoms with Crippen molar-refractivity contribution in [2.24, 2.45) is 11.8 Å². The first-order valence-corrected chi connectivity index (χ1v) is 5.50. The van der Waals surface area contributed by atoms with Gasteiger partial charge in [-0.1, -0.05) is 26.0 Å². The Bertz CT molecular complexity index is 250. The lowest BCUT2D eigenvalue weighted by Crippen LogP contribution is -2.15. The van der Waals surface area contributed by atoms with Crippen LogP contribution in [0, 0.1) is 11.8 Å². The zero-order valence-corrected chi connectivity index (χ0v) is 9.25. The molecule has 0 fully saturated rings. The van der Waals surface area contributed by atoms with E-state index >= 15 is 0 Å². The number of rotatable bonds is 4. The average Bonchev–Trinajstić information content (AvgIpc) is 2.18. The van der Waals surface area contributed by atoms with Crippen LogP contribution in [0.5, 0.6) is 0 Å². The van der Waals surface area contributed by atoms with Crippen LogP contribution in [0.3, 0.4) is 0 Å². The van der Waals surface area contributed by atoms with Crippen molar-refractivity contribution in [2.45, 2.75) is 39.5 Å². The molecule has 0 bridgehead atoms. The molecule has 78 valence electrons. The molecule has 0 heterocycles. The van der Waals surface area contributed by atoms with Crippen LogP contribution in [-0.4, -0.2) is 5.78 Å². The van der Waals surface area contributed by atoms with E-state index in [0.717, 1.165) is 30.8 Å². The lowest BCUT2D eigenvalue weighted by molar-refractivity contribution is -0.115. The van der Waals surface area contributed by atoms with Gasteiger partial charge in [0.1, 0.15) is 0 Å². The number of allylic oxidation sites excluding steroid dienone is 3. The van der Waals surface area contributed by atoms with E-state index in [4.69, 9.17) is 0 Å². The molecule has 0 radical (unpaired) electrons. The van der Waals surface area contributed by atoms with E-state index in [1.165, 1.54) is 0 Å². The molecule has 1 rings (SSSR count). The van der Waals surface area contributed by atoms with Crippen LogP contribution >= 0.6 is 0 Å². The Morgan fingerprint density at radius 3 is 2.93 bits per heavy atom. The van der Waals surface area contributed by atoms with Crippen molar-refractivity contribution in [3.63, 3.8) is 0 Å². The molecule has 1 nitrogen and oxygen atoms in total. The number of ketones is 1. The SMILES string of the molecule is C=CCCC(=O)C1=CC(C)C(C)CC1. The molecule has 14 heavy (non-hydrogen) atoms. The Kier molecular flexibility index (Phi) is 4.12. The second-order valence-electron chi connectivity index (χ2n) is 4.32. The van der Waals surface area contributed by atoms with Gasteiger partial charge in [0.15, 0.2) is 5.78 Å². The van der Waals surface area contributed by atoms with Gasteiger partial charge in [0.25, 0.3) is 0 Å². The van der Waals surface area contributed by atoms with Gasteiger partial charge in [-0.15, -0.1) is 6.58 Å². The van der Waals surface area contributed by atoms with Gasteiger partial charge in [-0.3, -0.25) is 4.79 Å². The smallest absolute Gasteiger partial charge is 0.158 e. The maximum atomic E-state index is 11.7. The Morgan fingerprint density at radius 2 is 2.36 bits per heavy atom. The topological polar surface area (TPSA) is 17.1 Å². The fourth-order valence-electron chi connectivity index (χ4n) is 1.84. The normalized spacial score (nSPS) is 26.9. The first kappa shape index (κ1) is 11.2. The third-order valence-electron chi connectivity index (χ3n) is 3.16. The van der Waals surface area contributed by atoms with Crippen LogP contribution < -0.4 is 0 Å². The van der Waals surface area contributed by atoms with E-state index in [0.29, 0.717) is 18.1 Å². The highest BCUT2D eigenvalue weighted by molar-refractivity contribution is 5.95. The van der Waals surface area contributed by atoms with Crippen molar-refractivity contribution in [2.75, 3.05) is 0 Å². The van der Waals surface area contributed by atoms with Crippen LogP contribution in [0.2, 0.25) is 0 Å². The van der Waals surface area contributed by atoms with Gasteiger partial charge < -0.3 is 0 Å². The molecule has 0 saturated carbocycles. The van der Waals surface area contributed by atoms with Crippen molar-refractivity contribution < 1.29 is 4.79 Å². The van der Waals surface area contributed by atoms with Crippen LogP contribution in [0.1, 0.15) is 39.5 Å². The summed E-state index contributed by atoms with van der Waals surface area (Å²) in [6, 6.07) is 0. The molecule has 0 aromatic rings. The van der Waals surface area contributed by atoms with E-state index in [1.54, 1.807) is 0 Å². The predicted molar refractivity (Wildman–Crippen MR) is 60.1 cm³/mol. The second-order valence-corrected chi connectivity index (χ2v) is 4.32. The van der Waals surface area contributed by atoms with Gasteiger partial charge in [0.2, 0.25) is 0 Å². The van der Waals surface area contributed by atoms with Gasteiger partial charge in [-0.2, -0.15) is 0 Å². The highest BCUT2D eigenvalue weighted by Crippen LogP contribution is 2.28. The molecule has 0 N–H and O–H groups in total. The second kappa shape index (κ2) is 5.14. The Morgan fingerprint density at radius 1 is 1.64 bits per heavy atom. The summed E-state index contributed by atoms with van der Waals surface area (Å²) in [5.74, 6) is 1.61. The minimum absolute atomic E-state index is 0.323. The highest BCUT2D eigenvalue weighted by atomic mass is 16.1. The van der Waals surface area contributed by atoms with E-state index in [1.807, 2.05) is 6.08 Å². The summed E-state index contributed by atoms with van der Waals surface area (Å²) in [7, 11) is 0. The molecule has 0 spiro atoms. The lowest BCUT2D eigenvalue weighted by atomic mass is 9.81. The van der Waals surface area contributed by atoms with Crippen LogP contribution in [0.4, 0.5) is 0 Å². The van der Waals surface area contributed by atoms with Gasteiger partial charge in [-0.05, 0) is 36.7 Å². The summed E-state index contributed by atoms with van der Waals surface area (Å²) >= 11 is 0.